The molecule has 0 aliphatic heterocycles. The Hall–Kier alpha value is -1.95. The number of aromatic nitrogens is 3. The Kier molecular flexibility index (Phi) is 3.17. The molecule has 0 aliphatic carbocycles. The molecule has 0 bridgehead atoms. The minimum Gasteiger partial charge on any atom is -0.375 e. The number of thiazole rings is 1. The van der Waals surface area contributed by atoms with E-state index in [0.717, 1.165) is 17.0 Å². The van der Waals surface area contributed by atoms with E-state index in [9.17, 15) is 4.39 Å². The van der Waals surface area contributed by atoms with Gasteiger partial charge >= 0.3 is 0 Å². The molecule has 20 heavy (non-hydrogen) atoms. The summed E-state index contributed by atoms with van der Waals surface area (Å²) in [6, 6.07) is 4.95. The number of halogens is 1. The van der Waals surface area contributed by atoms with Gasteiger partial charge in [-0.2, -0.15) is 0 Å². The molecule has 2 aromatic heterocycles. The molecule has 0 fully saturated rings. The highest BCUT2D eigenvalue weighted by Crippen LogP contribution is 2.24. The number of nitrogens with two attached hydrogens (primary N) is 1. The van der Waals surface area contributed by atoms with Crippen molar-refractivity contribution in [3.8, 4) is 0 Å². The fraction of sp³-hybridized carbons (Fsp3) is 0.286. The van der Waals surface area contributed by atoms with Crippen LogP contribution < -0.4 is 5.73 Å². The van der Waals surface area contributed by atoms with Crippen LogP contribution in [0.2, 0.25) is 0 Å². The van der Waals surface area contributed by atoms with Crippen molar-refractivity contribution in [2.45, 2.75) is 26.3 Å². The third kappa shape index (κ3) is 2.27. The number of anilines is 1. The maximum absolute atomic E-state index is 13.3. The Morgan fingerprint density at radius 1 is 1.35 bits per heavy atom. The fourth-order valence-corrected chi connectivity index (χ4v) is 2.95. The molecular weight excluding hydrogens is 275 g/mol. The average Bonchev–Trinajstić information content (AvgIpc) is 2.92. The molecule has 0 radical (unpaired) electrons. The van der Waals surface area contributed by atoms with Gasteiger partial charge in [0.15, 0.2) is 5.13 Å². The number of nitrogen functional groups attached to an aromatic ring is 1. The monoisotopic (exact) mass is 290 g/mol. The number of imidazole rings is 1. The number of benzene rings is 1. The Morgan fingerprint density at radius 2 is 2.15 bits per heavy atom. The van der Waals surface area contributed by atoms with Crippen molar-refractivity contribution < 1.29 is 4.39 Å². The molecule has 0 amide bonds. The van der Waals surface area contributed by atoms with E-state index < -0.39 is 0 Å². The van der Waals surface area contributed by atoms with Crippen molar-refractivity contribution in [2.24, 2.45) is 0 Å². The number of rotatable bonds is 3. The smallest absolute Gasteiger partial charge is 0.180 e. The molecule has 0 saturated heterocycles. The summed E-state index contributed by atoms with van der Waals surface area (Å²) in [5.41, 5.74) is 8.17. The SMILES string of the molecule is CC(C)n1c(Cc2csc(N)n2)nc2cc(F)ccc21. The van der Waals surface area contributed by atoms with Gasteiger partial charge in [0.25, 0.3) is 0 Å². The lowest BCUT2D eigenvalue weighted by molar-refractivity contribution is 0.590. The van der Waals surface area contributed by atoms with Crippen molar-refractivity contribution in [1.29, 1.82) is 0 Å². The molecule has 0 spiro atoms. The molecule has 0 aliphatic rings. The number of nitrogens with zero attached hydrogens (tertiary/aromatic N) is 3. The number of fused-ring (bicyclic) bond motifs is 1. The van der Waals surface area contributed by atoms with Gasteiger partial charge in [-0.25, -0.2) is 14.4 Å². The van der Waals surface area contributed by atoms with Gasteiger partial charge in [0.2, 0.25) is 0 Å². The predicted octanol–water partition coefficient (Wildman–Crippen LogP) is 3.39. The Morgan fingerprint density at radius 3 is 2.80 bits per heavy atom. The Balaban J connectivity index is 2.11. The molecule has 3 rings (SSSR count). The van der Waals surface area contributed by atoms with Crippen LogP contribution in [0.4, 0.5) is 9.52 Å². The second kappa shape index (κ2) is 4.86. The molecule has 2 N–H and O–H groups in total. The minimum absolute atomic E-state index is 0.247. The van der Waals surface area contributed by atoms with Crippen LogP contribution in [-0.4, -0.2) is 14.5 Å². The first-order valence-electron chi connectivity index (χ1n) is 6.41. The zero-order valence-corrected chi connectivity index (χ0v) is 12.1. The third-order valence-corrected chi connectivity index (χ3v) is 3.87. The van der Waals surface area contributed by atoms with E-state index in [1.54, 1.807) is 6.07 Å². The van der Waals surface area contributed by atoms with Gasteiger partial charge in [0, 0.05) is 23.9 Å². The maximum atomic E-state index is 13.3. The summed E-state index contributed by atoms with van der Waals surface area (Å²) >= 11 is 1.42. The van der Waals surface area contributed by atoms with Crippen LogP contribution in [0, 0.1) is 5.82 Å². The average molecular weight is 290 g/mol. The van der Waals surface area contributed by atoms with Crippen molar-refractivity contribution in [3.05, 3.63) is 40.9 Å². The van der Waals surface area contributed by atoms with Gasteiger partial charge < -0.3 is 10.3 Å². The summed E-state index contributed by atoms with van der Waals surface area (Å²) in [6.07, 6.45) is 0.599. The largest absolute Gasteiger partial charge is 0.375 e. The lowest BCUT2D eigenvalue weighted by Gasteiger charge is -2.12. The molecule has 2 heterocycles. The maximum Gasteiger partial charge on any atom is 0.180 e. The zero-order chi connectivity index (χ0) is 14.3. The van der Waals surface area contributed by atoms with Crippen molar-refractivity contribution >= 4 is 27.5 Å². The molecule has 4 nitrogen and oxygen atoms in total. The third-order valence-electron chi connectivity index (χ3n) is 3.15. The standard InChI is InChI=1S/C14H15FN4S/c1-8(2)19-12-4-3-9(15)5-11(12)18-13(19)6-10-7-20-14(16)17-10/h3-5,7-8H,6H2,1-2H3,(H2,16,17). The van der Waals surface area contributed by atoms with Gasteiger partial charge in [-0.05, 0) is 26.0 Å². The van der Waals surface area contributed by atoms with Gasteiger partial charge in [-0.1, -0.05) is 0 Å². The molecule has 0 saturated carbocycles. The van der Waals surface area contributed by atoms with Crippen LogP contribution in [0.25, 0.3) is 11.0 Å². The van der Waals surface area contributed by atoms with Crippen LogP contribution >= 0.6 is 11.3 Å². The summed E-state index contributed by atoms with van der Waals surface area (Å²) in [5, 5.41) is 2.48. The zero-order valence-electron chi connectivity index (χ0n) is 11.3. The lowest BCUT2D eigenvalue weighted by Crippen LogP contribution is -2.07. The Labute approximate surface area is 120 Å². The first-order chi connectivity index (χ1) is 9.54. The highest BCUT2D eigenvalue weighted by Gasteiger charge is 2.15. The predicted molar refractivity (Wildman–Crippen MR) is 79.4 cm³/mol. The van der Waals surface area contributed by atoms with Crippen LogP contribution in [-0.2, 0) is 6.42 Å². The van der Waals surface area contributed by atoms with Crippen molar-refractivity contribution in [1.82, 2.24) is 14.5 Å². The summed E-state index contributed by atoms with van der Waals surface area (Å²) in [4.78, 5) is 8.81. The number of hydrogen-bond acceptors (Lipinski definition) is 4. The molecule has 6 heteroatoms. The molecule has 0 atom stereocenters. The van der Waals surface area contributed by atoms with Gasteiger partial charge in [-0.15, -0.1) is 11.3 Å². The van der Waals surface area contributed by atoms with E-state index in [0.29, 0.717) is 17.1 Å². The van der Waals surface area contributed by atoms with E-state index >= 15 is 0 Å². The highest BCUT2D eigenvalue weighted by atomic mass is 32.1. The fourth-order valence-electron chi connectivity index (χ4n) is 2.39. The first kappa shape index (κ1) is 13.1. The molecular formula is C14H15FN4S. The second-order valence-corrected chi connectivity index (χ2v) is 5.87. The van der Waals surface area contributed by atoms with E-state index in [2.05, 4.69) is 28.4 Å². The van der Waals surface area contributed by atoms with E-state index in [4.69, 9.17) is 5.73 Å². The van der Waals surface area contributed by atoms with Gasteiger partial charge in [0.05, 0.1) is 16.7 Å². The molecule has 104 valence electrons. The van der Waals surface area contributed by atoms with E-state index in [1.165, 1.54) is 23.5 Å². The van der Waals surface area contributed by atoms with Gasteiger partial charge in [-0.3, -0.25) is 0 Å². The first-order valence-corrected chi connectivity index (χ1v) is 7.29. The highest BCUT2D eigenvalue weighted by molar-refractivity contribution is 7.13. The lowest BCUT2D eigenvalue weighted by atomic mass is 10.2. The summed E-state index contributed by atoms with van der Waals surface area (Å²) in [5.74, 6) is 0.612. The summed E-state index contributed by atoms with van der Waals surface area (Å²) in [6.45, 7) is 4.17. The molecule has 3 aromatic rings. The van der Waals surface area contributed by atoms with Gasteiger partial charge in [0.1, 0.15) is 11.6 Å². The van der Waals surface area contributed by atoms with Crippen LogP contribution in [0.1, 0.15) is 31.4 Å². The van der Waals surface area contributed by atoms with Crippen molar-refractivity contribution in [3.63, 3.8) is 0 Å². The number of hydrogen-bond donors (Lipinski definition) is 1. The van der Waals surface area contributed by atoms with Crippen LogP contribution in [0.3, 0.4) is 0 Å². The normalized spacial score (nSPS) is 11.6. The molecule has 1 aromatic carbocycles. The van der Waals surface area contributed by atoms with Crippen LogP contribution in [0.15, 0.2) is 23.6 Å². The van der Waals surface area contributed by atoms with E-state index in [-0.39, 0.29) is 11.9 Å². The second-order valence-electron chi connectivity index (χ2n) is 4.98. The summed E-state index contributed by atoms with van der Waals surface area (Å²) < 4.78 is 15.4. The Bertz CT molecular complexity index is 760. The van der Waals surface area contributed by atoms with E-state index in [1.807, 2.05) is 5.38 Å². The van der Waals surface area contributed by atoms with Crippen molar-refractivity contribution in [2.75, 3.05) is 5.73 Å². The quantitative estimate of drug-likeness (QED) is 0.804. The topological polar surface area (TPSA) is 56.7 Å². The van der Waals surface area contributed by atoms with Crippen LogP contribution in [0.5, 0.6) is 0 Å². The molecule has 0 unspecified atom stereocenters. The summed E-state index contributed by atoms with van der Waals surface area (Å²) in [7, 11) is 0. The minimum atomic E-state index is -0.268.